The lowest BCUT2D eigenvalue weighted by Crippen LogP contribution is -2.12. The number of carbonyl (C=O) groups is 1. The molecule has 2 aromatic carbocycles. The van der Waals surface area contributed by atoms with Gasteiger partial charge in [-0.1, -0.05) is 6.07 Å². The van der Waals surface area contributed by atoms with Gasteiger partial charge >= 0.3 is 0 Å². The molecule has 1 amide bonds. The standard InChI is InChI=1S/C16H18N2O2/c1-10-6-11(2)8-13(7-10)18-16(19)12-4-5-15(20-3)14(17)9-12/h4-9H,17H2,1-3H3,(H,18,19). The monoisotopic (exact) mass is 270 g/mol. The predicted molar refractivity (Wildman–Crippen MR) is 81.3 cm³/mol. The maximum absolute atomic E-state index is 12.2. The van der Waals surface area contributed by atoms with E-state index in [1.54, 1.807) is 25.3 Å². The van der Waals surface area contributed by atoms with Crippen molar-refractivity contribution in [3.05, 3.63) is 53.1 Å². The van der Waals surface area contributed by atoms with Gasteiger partial charge in [-0.15, -0.1) is 0 Å². The lowest BCUT2D eigenvalue weighted by molar-refractivity contribution is 0.102. The molecule has 0 aliphatic heterocycles. The fraction of sp³-hybridized carbons (Fsp3) is 0.188. The summed E-state index contributed by atoms with van der Waals surface area (Å²) in [5.41, 5.74) is 9.75. The first-order valence-corrected chi connectivity index (χ1v) is 6.33. The van der Waals surface area contributed by atoms with Gasteiger partial charge in [-0.05, 0) is 55.3 Å². The van der Waals surface area contributed by atoms with E-state index in [-0.39, 0.29) is 5.91 Å². The largest absolute Gasteiger partial charge is 0.495 e. The van der Waals surface area contributed by atoms with Gasteiger partial charge in [0, 0.05) is 11.3 Å². The number of hydrogen-bond donors (Lipinski definition) is 2. The molecule has 0 unspecified atom stereocenters. The highest BCUT2D eigenvalue weighted by atomic mass is 16.5. The zero-order chi connectivity index (χ0) is 14.7. The summed E-state index contributed by atoms with van der Waals surface area (Å²) >= 11 is 0. The number of nitrogens with two attached hydrogens (primary N) is 1. The van der Waals surface area contributed by atoms with E-state index in [0.717, 1.165) is 16.8 Å². The van der Waals surface area contributed by atoms with Crippen molar-refractivity contribution in [1.29, 1.82) is 0 Å². The van der Waals surface area contributed by atoms with Crippen molar-refractivity contribution < 1.29 is 9.53 Å². The van der Waals surface area contributed by atoms with Crippen molar-refractivity contribution in [3.8, 4) is 5.75 Å². The molecule has 104 valence electrons. The molecule has 4 nitrogen and oxygen atoms in total. The molecular weight excluding hydrogens is 252 g/mol. The Bertz CT molecular complexity index is 631. The van der Waals surface area contributed by atoms with E-state index in [2.05, 4.69) is 11.4 Å². The summed E-state index contributed by atoms with van der Waals surface area (Å²) in [5, 5.41) is 2.87. The van der Waals surface area contributed by atoms with E-state index in [0.29, 0.717) is 17.0 Å². The van der Waals surface area contributed by atoms with Crippen LogP contribution in [-0.4, -0.2) is 13.0 Å². The summed E-state index contributed by atoms with van der Waals surface area (Å²) in [6, 6.07) is 10.9. The second-order valence-electron chi connectivity index (χ2n) is 4.79. The number of hydrogen-bond acceptors (Lipinski definition) is 3. The molecule has 0 saturated heterocycles. The first kappa shape index (κ1) is 13.9. The van der Waals surface area contributed by atoms with E-state index in [1.165, 1.54) is 0 Å². The molecule has 0 atom stereocenters. The number of anilines is 2. The minimum Gasteiger partial charge on any atom is -0.495 e. The zero-order valence-corrected chi connectivity index (χ0v) is 11.9. The second kappa shape index (κ2) is 5.65. The van der Waals surface area contributed by atoms with Gasteiger partial charge in [0.1, 0.15) is 5.75 Å². The molecular formula is C16H18N2O2. The van der Waals surface area contributed by atoms with E-state index >= 15 is 0 Å². The third kappa shape index (κ3) is 3.09. The third-order valence-corrected chi connectivity index (χ3v) is 2.97. The summed E-state index contributed by atoms with van der Waals surface area (Å²) in [7, 11) is 1.54. The Labute approximate surface area is 118 Å². The molecule has 2 aromatic rings. The van der Waals surface area contributed by atoms with Crippen molar-refractivity contribution in [2.45, 2.75) is 13.8 Å². The van der Waals surface area contributed by atoms with Crippen LogP contribution in [0.1, 0.15) is 21.5 Å². The quantitative estimate of drug-likeness (QED) is 0.842. The first-order chi connectivity index (χ1) is 9.49. The molecule has 3 N–H and O–H groups in total. The average molecular weight is 270 g/mol. The normalized spacial score (nSPS) is 10.2. The van der Waals surface area contributed by atoms with Gasteiger partial charge in [0.2, 0.25) is 0 Å². The number of carbonyl (C=O) groups excluding carboxylic acids is 1. The Morgan fingerprint density at radius 1 is 1.10 bits per heavy atom. The van der Waals surface area contributed by atoms with Gasteiger partial charge in [-0.2, -0.15) is 0 Å². The first-order valence-electron chi connectivity index (χ1n) is 6.33. The summed E-state index contributed by atoms with van der Waals surface area (Å²) in [4.78, 5) is 12.2. The van der Waals surface area contributed by atoms with E-state index in [9.17, 15) is 4.79 Å². The van der Waals surface area contributed by atoms with Crippen molar-refractivity contribution >= 4 is 17.3 Å². The summed E-state index contributed by atoms with van der Waals surface area (Å²) in [6.45, 7) is 3.99. The molecule has 0 bridgehead atoms. The van der Waals surface area contributed by atoms with Crippen LogP contribution in [0.25, 0.3) is 0 Å². The minimum atomic E-state index is -0.190. The highest BCUT2D eigenvalue weighted by Crippen LogP contribution is 2.22. The van der Waals surface area contributed by atoms with Gasteiger partial charge in [0.15, 0.2) is 0 Å². The van der Waals surface area contributed by atoms with Crippen LogP contribution >= 0.6 is 0 Å². The fourth-order valence-electron chi connectivity index (χ4n) is 2.13. The molecule has 0 spiro atoms. The van der Waals surface area contributed by atoms with Crippen LogP contribution in [0.5, 0.6) is 5.75 Å². The van der Waals surface area contributed by atoms with Crippen LogP contribution in [0.15, 0.2) is 36.4 Å². The van der Waals surface area contributed by atoms with Gasteiger partial charge in [0.05, 0.1) is 12.8 Å². The molecule has 2 rings (SSSR count). The molecule has 0 fully saturated rings. The molecule has 0 radical (unpaired) electrons. The van der Waals surface area contributed by atoms with Gasteiger partial charge in [-0.25, -0.2) is 0 Å². The number of rotatable bonds is 3. The highest BCUT2D eigenvalue weighted by molar-refractivity contribution is 6.05. The molecule has 0 saturated carbocycles. The highest BCUT2D eigenvalue weighted by Gasteiger charge is 2.09. The maximum Gasteiger partial charge on any atom is 0.255 e. The number of aryl methyl sites for hydroxylation is 2. The van der Waals surface area contributed by atoms with Crippen LogP contribution in [-0.2, 0) is 0 Å². The van der Waals surface area contributed by atoms with Crippen LogP contribution in [0.2, 0.25) is 0 Å². The predicted octanol–water partition coefficient (Wildman–Crippen LogP) is 3.15. The fourth-order valence-corrected chi connectivity index (χ4v) is 2.13. The number of ether oxygens (including phenoxy) is 1. The molecule has 4 heteroatoms. The van der Waals surface area contributed by atoms with Gasteiger partial charge < -0.3 is 15.8 Å². The Balaban J connectivity index is 2.21. The Hall–Kier alpha value is -2.49. The summed E-state index contributed by atoms with van der Waals surface area (Å²) in [5.74, 6) is 0.373. The van der Waals surface area contributed by atoms with E-state index in [1.807, 2.05) is 26.0 Å². The minimum absolute atomic E-state index is 0.190. The number of methoxy groups -OCH3 is 1. The van der Waals surface area contributed by atoms with E-state index < -0.39 is 0 Å². The molecule has 0 aliphatic carbocycles. The van der Waals surface area contributed by atoms with Crippen LogP contribution < -0.4 is 15.8 Å². The summed E-state index contributed by atoms with van der Waals surface area (Å²) < 4.78 is 5.07. The maximum atomic E-state index is 12.2. The van der Waals surface area contributed by atoms with Gasteiger partial charge in [-0.3, -0.25) is 4.79 Å². The Kier molecular flexibility index (Phi) is 3.94. The lowest BCUT2D eigenvalue weighted by Gasteiger charge is -2.09. The zero-order valence-electron chi connectivity index (χ0n) is 11.9. The number of nitrogens with one attached hydrogen (secondary N) is 1. The smallest absolute Gasteiger partial charge is 0.255 e. The van der Waals surface area contributed by atoms with Crippen molar-refractivity contribution in [2.24, 2.45) is 0 Å². The molecule has 0 aliphatic rings. The summed E-state index contributed by atoms with van der Waals surface area (Å²) in [6.07, 6.45) is 0. The van der Waals surface area contributed by atoms with Crippen molar-refractivity contribution in [1.82, 2.24) is 0 Å². The van der Waals surface area contributed by atoms with Crippen LogP contribution in [0, 0.1) is 13.8 Å². The number of amides is 1. The van der Waals surface area contributed by atoms with Gasteiger partial charge in [0.25, 0.3) is 5.91 Å². The van der Waals surface area contributed by atoms with Crippen molar-refractivity contribution in [3.63, 3.8) is 0 Å². The van der Waals surface area contributed by atoms with Crippen LogP contribution in [0.4, 0.5) is 11.4 Å². The molecule has 0 heterocycles. The third-order valence-electron chi connectivity index (χ3n) is 2.97. The van der Waals surface area contributed by atoms with Crippen molar-refractivity contribution in [2.75, 3.05) is 18.2 Å². The second-order valence-corrected chi connectivity index (χ2v) is 4.79. The SMILES string of the molecule is COc1ccc(C(=O)Nc2cc(C)cc(C)c2)cc1N. The Morgan fingerprint density at radius 2 is 1.75 bits per heavy atom. The number of benzene rings is 2. The molecule has 0 aromatic heterocycles. The average Bonchev–Trinajstić information content (AvgIpc) is 2.37. The lowest BCUT2D eigenvalue weighted by atomic mass is 10.1. The van der Waals surface area contributed by atoms with E-state index in [4.69, 9.17) is 10.5 Å². The topological polar surface area (TPSA) is 64.3 Å². The number of nitrogen functional groups attached to an aromatic ring is 1. The Morgan fingerprint density at radius 3 is 2.30 bits per heavy atom. The molecule has 20 heavy (non-hydrogen) atoms. The van der Waals surface area contributed by atoms with Crippen LogP contribution in [0.3, 0.4) is 0 Å².